The van der Waals surface area contributed by atoms with Crippen LogP contribution < -0.4 is 4.72 Å². The van der Waals surface area contributed by atoms with Crippen molar-refractivity contribution < 1.29 is 8.42 Å². The van der Waals surface area contributed by atoms with Crippen molar-refractivity contribution in [3.63, 3.8) is 0 Å². The van der Waals surface area contributed by atoms with E-state index in [0.29, 0.717) is 11.4 Å². The number of hydrogen-bond donors (Lipinski definition) is 1. The summed E-state index contributed by atoms with van der Waals surface area (Å²) < 4.78 is 25.6. The van der Waals surface area contributed by atoms with Crippen LogP contribution in [0.25, 0.3) is 0 Å². The summed E-state index contributed by atoms with van der Waals surface area (Å²) in [4.78, 5) is 0. The second kappa shape index (κ2) is 6.10. The van der Waals surface area contributed by atoms with Gasteiger partial charge in [-0.3, -0.25) is 4.72 Å². The highest BCUT2D eigenvalue weighted by molar-refractivity contribution is 7.92. The third-order valence-corrected chi connectivity index (χ3v) is 3.77. The van der Waals surface area contributed by atoms with Crippen molar-refractivity contribution in [1.29, 1.82) is 5.26 Å². The molecule has 92 valence electrons. The van der Waals surface area contributed by atoms with Crippen LogP contribution in [0.4, 0.5) is 5.69 Å². The first kappa shape index (κ1) is 14.1. The number of nitrogens with zero attached hydrogens (tertiary/aromatic N) is 1. The Morgan fingerprint density at radius 1 is 1.41 bits per heavy atom. The van der Waals surface area contributed by atoms with E-state index in [9.17, 15) is 8.42 Å². The SMILES string of the molecule is N#Cc1ccc(Cl)cc1NS(=O)(=O)CCCCl. The van der Waals surface area contributed by atoms with Crippen molar-refractivity contribution in [3.05, 3.63) is 28.8 Å². The molecule has 0 heterocycles. The summed E-state index contributed by atoms with van der Waals surface area (Å²) in [6.45, 7) is 0. The molecular weight excluding hydrogens is 283 g/mol. The maximum absolute atomic E-state index is 11.6. The van der Waals surface area contributed by atoms with E-state index < -0.39 is 10.0 Å². The smallest absolute Gasteiger partial charge is 0.232 e. The molecule has 0 bridgehead atoms. The molecule has 7 heteroatoms. The zero-order valence-corrected chi connectivity index (χ0v) is 11.1. The van der Waals surface area contributed by atoms with Crippen LogP contribution in [-0.4, -0.2) is 20.1 Å². The number of alkyl halides is 1. The average molecular weight is 293 g/mol. The van der Waals surface area contributed by atoms with Crippen LogP contribution in [0.5, 0.6) is 0 Å². The Bertz CT molecular complexity index is 538. The first-order valence-electron chi connectivity index (χ1n) is 4.74. The van der Waals surface area contributed by atoms with Crippen molar-refractivity contribution >= 4 is 38.9 Å². The zero-order chi connectivity index (χ0) is 12.9. The van der Waals surface area contributed by atoms with Gasteiger partial charge in [0.05, 0.1) is 17.0 Å². The monoisotopic (exact) mass is 292 g/mol. The molecule has 0 saturated carbocycles. The number of halogens is 2. The molecule has 0 amide bonds. The molecule has 1 N–H and O–H groups in total. The fourth-order valence-electron chi connectivity index (χ4n) is 1.16. The van der Waals surface area contributed by atoms with Crippen LogP contribution in [0.15, 0.2) is 18.2 Å². The van der Waals surface area contributed by atoms with E-state index in [4.69, 9.17) is 28.5 Å². The van der Waals surface area contributed by atoms with Crippen LogP contribution in [0.2, 0.25) is 5.02 Å². The van der Waals surface area contributed by atoms with Crippen molar-refractivity contribution in [1.82, 2.24) is 0 Å². The topological polar surface area (TPSA) is 70.0 Å². The van der Waals surface area contributed by atoms with E-state index in [1.54, 1.807) is 0 Å². The number of nitriles is 1. The van der Waals surface area contributed by atoms with E-state index in [1.165, 1.54) is 18.2 Å². The largest absolute Gasteiger partial charge is 0.282 e. The summed E-state index contributed by atoms with van der Waals surface area (Å²) in [5.41, 5.74) is 0.415. The Kier molecular flexibility index (Phi) is 5.06. The molecule has 0 aliphatic heterocycles. The van der Waals surface area contributed by atoms with Gasteiger partial charge in [-0.25, -0.2) is 8.42 Å². The van der Waals surface area contributed by atoms with Gasteiger partial charge in [0, 0.05) is 10.9 Å². The van der Waals surface area contributed by atoms with Gasteiger partial charge in [0.2, 0.25) is 10.0 Å². The second-order valence-electron chi connectivity index (χ2n) is 3.27. The molecule has 0 fully saturated rings. The number of anilines is 1. The van der Waals surface area contributed by atoms with Crippen LogP contribution in [0, 0.1) is 11.3 Å². The van der Waals surface area contributed by atoms with E-state index in [1.807, 2.05) is 6.07 Å². The molecule has 0 saturated heterocycles. The van der Waals surface area contributed by atoms with Crippen LogP contribution in [0.1, 0.15) is 12.0 Å². The summed E-state index contributed by atoms with van der Waals surface area (Å²) >= 11 is 11.2. The van der Waals surface area contributed by atoms with Gasteiger partial charge >= 0.3 is 0 Å². The minimum absolute atomic E-state index is 0.0894. The molecule has 1 rings (SSSR count). The lowest BCUT2D eigenvalue weighted by atomic mass is 10.2. The second-order valence-corrected chi connectivity index (χ2v) is 5.92. The summed E-state index contributed by atoms with van der Waals surface area (Å²) in [6.07, 6.45) is 0.347. The third kappa shape index (κ3) is 4.43. The molecule has 0 spiro atoms. The molecule has 0 aliphatic carbocycles. The number of hydrogen-bond acceptors (Lipinski definition) is 3. The molecule has 0 radical (unpaired) electrons. The summed E-state index contributed by atoms with van der Waals surface area (Å²) in [5, 5.41) is 9.19. The predicted octanol–water partition coefficient (Wildman–Crippen LogP) is 2.58. The molecule has 1 aromatic carbocycles. The maximum Gasteiger partial charge on any atom is 0.232 e. The Morgan fingerprint density at radius 2 is 2.12 bits per heavy atom. The molecule has 0 unspecified atom stereocenters. The first-order chi connectivity index (χ1) is 7.98. The highest BCUT2D eigenvalue weighted by Crippen LogP contribution is 2.21. The normalized spacial score (nSPS) is 10.9. The van der Waals surface area contributed by atoms with Crippen LogP contribution in [-0.2, 0) is 10.0 Å². The van der Waals surface area contributed by atoms with E-state index in [2.05, 4.69) is 4.72 Å². The molecule has 17 heavy (non-hydrogen) atoms. The lowest BCUT2D eigenvalue weighted by Crippen LogP contribution is -2.17. The van der Waals surface area contributed by atoms with Gasteiger partial charge in [-0.05, 0) is 24.6 Å². The Balaban J connectivity index is 2.95. The third-order valence-electron chi connectivity index (χ3n) is 1.91. The van der Waals surface area contributed by atoms with Gasteiger partial charge < -0.3 is 0 Å². The first-order valence-corrected chi connectivity index (χ1v) is 7.31. The number of rotatable bonds is 5. The highest BCUT2D eigenvalue weighted by Gasteiger charge is 2.12. The molecule has 0 atom stereocenters. The predicted molar refractivity (Wildman–Crippen MR) is 68.9 cm³/mol. The van der Waals surface area contributed by atoms with Gasteiger partial charge in [-0.15, -0.1) is 11.6 Å². The minimum Gasteiger partial charge on any atom is -0.282 e. The average Bonchev–Trinajstić information content (AvgIpc) is 2.26. The lowest BCUT2D eigenvalue weighted by molar-refractivity contribution is 0.600. The maximum atomic E-state index is 11.6. The summed E-state index contributed by atoms with van der Waals surface area (Å²) in [6, 6.07) is 6.28. The fraction of sp³-hybridized carbons (Fsp3) is 0.300. The van der Waals surface area contributed by atoms with Gasteiger partial charge in [0.15, 0.2) is 0 Å². The Morgan fingerprint density at radius 3 is 2.71 bits per heavy atom. The van der Waals surface area contributed by atoms with Crippen molar-refractivity contribution in [2.75, 3.05) is 16.4 Å². The minimum atomic E-state index is -3.49. The van der Waals surface area contributed by atoms with Gasteiger partial charge in [0.1, 0.15) is 6.07 Å². The molecule has 0 aliphatic rings. The molecule has 0 aromatic heterocycles. The summed E-state index contributed by atoms with van der Waals surface area (Å²) in [7, 11) is -3.49. The Hall–Kier alpha value is -0.960. The molecule has 1 aromatic rings. The fourth-order valence-corrected chi connectivity index (χ4v) is 2.76. The van der Waals surface area contributed by atoms with E-state index in [-0.39, 0.29) is 22.9 Å². The van der Waals surface area contributed by atoms with Crippen molar-refractivity contribution in [3.8, 4) is 6.07 Å². The standard InChI is InChI=1S/C10H10Cl2N2O2S/c11-4-1-5-17(15,16)14-10-6-9(12)3-2-8(10)7-13/h2-3,6,14H,1,4-5H2. The number of nitrogens with one attached hydrogen (secondary N) is 1. The van der Waals surface area contributed by atoms with E-state index in [0.717, 1.165) is 0 Å². The number of benzene rings is 1. The van der Waals surface area contributed by atoms with Gasteiger partial charge in [-0.1, -0.05) is 11.6 Å². The number of sulfonamides is 1. The van der Waals surface area contributed by atoms with Crippen LogP contribution >= 0.6 is 23.2 Å². The Labute approximate surface area is 110 Å². The highest BCUT2D eigenvalue weighted by atomic mass is 35.5. The van der Waals surface area contributed by atoms with E-state index >= 15 is 0 Å². The lowest BCUT2D eigenvalue weighted by Gasteiger charge is -2.09. The molecular formula is C10H10Cl2N2O2S. The van der Waals surface area contributed by atoms with Crippen molar-refractivity contribution in [2.24, 2.45) is 0 Å². The van der Waals surface area contributed by atoms with Gasteiger partial charge in [-0.2, -0.15) is 5.26 Å². The van der Waals surface area contributed by atoms with Crippen molar-refractivity contribution in [2.45, 2.75) is 6.42 Å². The molecule has 4 nitrogen and oxygen atoms in total. The van der Waals surface area contributed by atoms with Crippen LogP contribution in [0.3, 0.4) is 0 Å². The quantitative estimate of drug-likeness (QED) is 0.848. The summed E-state index contributed by atoms with van der Waals surface area (Å²) in [5.74, 6) is 0.176. The van der Waals surface area contributed by atoms with Gasteiger partial charge in [0.25, 0.3) is 0 Å². The zero-order valence-electron chi connectivity index (χ0n) is 8.78.